The number of barbiturate groups is 1. The van der Waals surface area contributed by atoms with Crippen LogP contribution in [0.1, 0.15) is 42.0 Å². The zero-order chi connectivity index (χ0) is 21.3. The van der Waals surface area contributed by atoms with Gasteiger partial charge in [0.05, 0.1) is 12.8 Å². The van der Waals surface area contributed by atoms with E-state index in [0.717, 1.165) is 32.9 Å². The van der Waals surface area contributed by atoms with Gasteiger partial charge in [0.15, 0.2) is 0 Å². The third-order valence-corrected chi connectivity index (χ3v) is 4.93. The number of ether oxygens (including phenoxy) is 1. The van der Waals surface area contributed by atoms with E-state index in [2.05, 4.69) is 5.32 Å². The number of nitrogens with one attached hydrogen (secondary N) is 1. The van der Waals surface area contributed by atoms with Crippen LogP contribution in [0.15, 0.2) is 42.0 Å². The predicted octanol–water partition coefficient (Wildman–Crippen LogP) is 4.10. The van der Waals surface area contributed by atoms with Gasteiger partial charge in [-0.25, -0.2) is 9.69 Å². The third-order valence-electron chi connectivity index (χ3n) is 4.93. The van der Waals surface area contributed by atoms with Gasteiger partial charge in [-0.15, -0.1) is 0 Å². The molecule has 0 atom stereocenters. The molecule has 150 valence electrons. The first-order chi connectivity index (χ1) is 13.7. The number of nitrogens with zero attached hydrogens (tertiary/aromatic N) is 1. The van der Waals surface area contributed by atoms with Gasteiger partial charge in [0.2, 0.25) is 0 Å². The molecule has 3 rings (SSSR count). The third kappa shape index (κ3) is 3.92. The molecular formula is C23H24N2O4. The van der Waals surface area contributed by atoms with Crippen molar-refractivity contribution in [3.63, 3.8) is 0 Å². The molecular weight excluding hydrogens is 368 g/mol. The first kappa shape index (κ1) is 20.3. The highest BCUT2D eigenvalue weighted by Gasteiger charge is 2.36. The summed E-state index contributed by atoms with van der Waals surface area (Å²) in [4.78, 5) is 38.8. The Balaban J connectivity index is 2.07. The number of hydrogen-bond donors (Lipinski definition) is 1. The zero-order valence-corrected chi connectivity index (χ0v) is 17.2. The van der Waals surface area contributed by atoms with Crippen LogP contribution >= 0.6 is 0 Å². The van der Waals surface area contributed by atoms with E-state index in [4.69, 9.17) is 4.74 Å². The van der Waals surface area contributed by atoms with Crippen LogP contribution in [-0.4, -0.2) is 25.0 Å². The fraction of sp³-hybridized carbons (Fsp3) is 0.261. The molecule has 0 aromatic heterocycles. The van der Waals surface area contributed by atoms with Crippen LogP contribution in [0.25, 0.3) is 6.08 Å². The normalized spacial score (nSPS) is 15.9. The van der Waals surface area contributed by atoms with Gasteiger partial charge in [0.1, 0.15) is 11.3 Å². The van der Waals surface area contributed by atoms with Crippen LogP contribution in [0.4, 0.5) is 10.5 Å². The highest BCUT2D eigenvalue weighted by molar-refractivity contribution is 6.39. The molecule has 0 spiro atoms. The van der Waals surface area contributed by atoms with Gasteiger partial charge >= 0.3 is 6.03 Å². The molecule has 1 N–H and O–H groups in total. The number of hydrogen-bond acceptors (Lipinski definition) is 4. The standard InChI is InChI=1S/C23H24N2O4/c1-13(2)18-11-16(15(4)10-20(18)29-5)12-19-21(26)24-23(28)25(22(19)27)17-8-6-14(3)7-9-17/h6-13H,1-5H3,(H,24,26,28)/b19-12+. The highest BCUT2D eigenvalue weighted by atomic mass is 16.5. The lowest BCUT2D eigenvalue weighted by molar-refractivity contribution is -0.122. The fourth-order valence-corrected chi connectivity index (χ4v) is 3.24. The van der Waals surface area contributed by atoms with E-state index in [1.165, 1.54) is 6.08 Å². The summed E-state index contributed by atoms with van der Waals surface area (Å²) in [5.74, 6) is -0.395. The number of carbonyl (C=O) groups excluding carboxylic acids is 3. The Morgan fingerprint density at radius 3 is 2.28 bits per heavy atom. The van der Waals surface area contributed by atoms with Crippen LogP contribution in [0, 0.1) is 13.8 Å². The summed E-state index contributed by atoms with van der Waals surface area (Å²) >= 11 is 0. The summed E-state index contributed by atoms with van der Waals surface area (Å²) in [6.45, 7) is 7.88. The lowest BCUT2D eigenvalue weighted by atomic mass is 9.95. The largest absolute Gasteiger partial charge is 0.496 e. The quantitative estimate of drug-likeness (QED) is 0.628. The summed E-state index contributed by atoms with van der Waals surface area (Å²) in [7, 11) is 1.61. The van der Waals surface area contributed by atoms with Crippen molar-refractivity contribution in [1.29, 1.82) is 0 Å². The van der Waals surface area contributed by atoms with Crippen LogP contribution in [-0.2, 0) is 9.59 Å². The van der Waals surface area contributed by atoms with Gasteiger partial charge < -0.3 is 4.74 Å². The molecule has 0 radical (unpaired) electrons. The lowest BCUT2D eigenvalue weighted by Crippen LogP contribution is -2.54. The van der Waals surface area contributed by atoms with Crippen molar-refractivity contribution >= 4 is 29.6 Å². The number of benzene rings is 2. The summed E-state index contributed by atoms with van der Waals surface area (Å²) in [5, 5.41) is 2.26. The minimum Gasteiger partial charge on any atom is -0.496 e. The summed E-state index contributed by atoms with van der Waals surface area (Å²) < 4.78 is 5.45. The van der Waals surface area contributed by atoms with Gasteiger partial charge in [-0.05, 0) is 66.8 Å². The monoisotopic (exact) mass is 392 g/mol. The van der Waals surface area contributed by atoms with E-state index in [1.54, 1.807) is 31.4 Å². The highest BCUT2D eigenvalue weighted by Crippen LogP contribution is 2.31. The maximum absolute atomic E-state index is 13.0. The number of methoxy groups -OCH3 is 1. The minimum absolute atomic E-state index is 0.0897. The van der Waals surface area contributed by atoms with Gasteiger partial charge in [-0.1, -0.05) is 31.5 Å². The van der Waals surface area contributed by atoms with Crippen molar-refractivity contribution in [1.82, 2.24) is 5.32 Å². The van der Waals surface area contributed by atoms with Crippen LogP contribution in [0.3, 0.4) is 0 Å². The van der Waals surface area contributed by atoms with E-state index in [9.17, 15) is 14.4 Å². The second-order valence-electron chi connectivity index (χ2n) is 7.40. The van der Waals surface area contributed by atoms with E-state index in [0.29, 0.717) is 5.69 Å². The average molecular weight is 392 g/mol. The Morgan fingerprint density at radius 2 is 1.69 bits per heavy atom. The summed E-state index contributed by atoms with van der Waals surface area (Å²) in [6, 6.07) is 10.0. The molecule has 2 aromatic rings. The molecule has 2 aromatic carbocycles. The Kier molecular flexibility index (Phi) is 5.55. The Hall–Kier alpha value is -3.41. The molecule has 1 heterocycles. The van der Waals surface area contributed by atoms with Gasteiger partial charge in [-0.2, -0.15) is 0 Å². The van der Waals surface area contributed by atoms with E-state index in [-0.39, 0.29) is 11.5 Å². The number of rotatable bonds is 4. The average Bonchev–Trinajstić information content (AvgIpc) is 2.67. The summed E-state index contributed by atoms with van der Waals surface area (Å²) in [5.41, 5.74) is 3.88. The molecule has 0 aliphatic carbocycles. The van der Waals surface area contributed by atoms with Crippen LogP contribution < -0.4 is 15.0 Å². The number of amides is 4. The molecule has 0 bridgehead atoms. The number of anilines is 1. The maximum atomic E-state index is 13.0. The molecule has 6 nitrogen and oxygen atoms in total. The zero-order valence-electron chi connectivity index (χ0n) is 17.2. The second-order valence-corrected chi connectivity index (χ2v) is 7.40. The van der Waals surface area contributed by atoms with Crippen molar-refractivity contribution in [3.8, 4) is 5.75 Å². The minimum atomic E-state index is -0.754. The smallest absolute Gasteiger partial charge is 0.335 e. The molecule has 1 aliphatic rings. The molecule has 0 unspecified atom stereocenters. The molecule has 0 saturated carbocycles. The first-order valence-electron chi connectivity index (χ1n) is 9.39. The van der Waals surface area contributed by atoms with E-state index < -0.39 is 17.8 Å². The number of urea groups is 1. The van der Waals surface area contributed by atoms with Crippen molar-refractivity contribution in [3.05, 3.63) is 64.2 Å². The Labute approximate surface area is 170 Å². The number of imide groups is 2. The molecule has 1 fully saturated rings. The Morgan fingerprint density at radius 1 is 1.03 bits per heavy atom. The number of aryl methyl sites for hydroxylation is 2. The predicted molar refractivity (Wildman–Crippen MR) is 112 cm³/mol. The summed E-state index contributed by atoms with van der Waals surface area (Å²) in [6.07, 6.45) is 1.53. The van der Waals surface area contributed by atoms with Gasteiger partial charge in [0, 0.05) is 0 Å². The van der Waals surface area contributed by atoms with Gasteiger partial charge in [-0.3, -0.25) is 14.9 Å². The van der Waals surface area contributed by atoms with E-state index >= 15 is 0 Å². The molecule has 29 heavy (non-hydrogen) atoms. The molecule has 4 amide bonds. The molecule has 6 heteroatoms. The van der Waals surface area contributed by atoms with Crippen molar-refractivity contribution < 1.29 is 19.1 Å². The fourth-order valence-electron chi connectivity index (χ4n) is 3.24. The van der Waals surface area contributed by atoms with E-state index in [1.807, 2.05) is 39.8 Å². The topological polar surface area (TPSA) is 75.7 Å². The van der Waals surface area contributed by atoms with Crippen molar-refractivity contribution in [2.24, 2.45) is 0 Å². The second kappa shape index (κ2) is 7.91. The van der Waals surface area contributed by atoms with Crippen molar-refractivity contribution in [2.45, 2.75) is 33.6 Å². The lowest BCUT2D eigenvalue weighted by Gasteiger charge is -2.26. The van der Waals surface area contributed by atoms with Crippen LogP contribution in [0.5, 0.6) is 5.75 Å². The molecule has 1 saturated heterocycles. The molecule has 1 aliphatic heterocycles. The van der Waals surface area contributed by atoms with Crippen LogP contribution in [0.2, 0.25) is 0 Å². The Bertz CT molecular complexity index is 1020. The number of carbonyl (C=O) groups is 3. The first-order valence-corrected chi connectivity index (χ1v) is 9.39. The van der Waals surface area contributed by atoms with Crippen molar-refractivity contribution in [2.75, 3.05) is 12.0 Å². The SMILES string of the molecule is COc1cc(C)c(/C=C2\C(=O)NC(=O)N(c3ccc(C)cc3)C2=O)cc1C(C)C. The van der Waals surface area contributed by atoms with Gasteiger partial charge in [0.25, 0.3) is 11.8 Å². The maximum Gasteiger partial charge on any atom is 0.335 e.